The lowest BCUT2D eigenvalue weighted by Gasteiger charge is -2.14. The zero-order valence-corrected chi connectivity index (χ0v) is 10.4. The maximum atomic E-state index is 13.0. The van der Waals surface area contributed by atoms with Gasteiger partial charge in [0.15, 0.2) is 11.5 Å². The number of hydrogen-bond donors (Lipinski definition) is 0. The summed E-state index contributed by atoms with van der Waals surface area (Å²) in [6.45, 7) is 4.30. The van der Waals surface area contributed by atoms with Crippen LogP contribution in [0.4, 0.5) is 4.39 Å². The summed E-state index contributed by atoms with van der Waals surface area (Å²) in [6.07, 6.45) is -0.00174. The van der Waals surface area contributed by atoms with Gasteiger partial charge in [-0.05, 0) is 26.0 Å². The van der Waals surface area contributed by atoms with E-state index < -0.39 is 0 Å². The molecular formula is C11H14BrFO2. The molecule has 0 aliphatic carbocycles. The third-order valence-corrected chi connectivity index (χ3v) is 1.93. The van der Waals surface area contributed by atoms with Crippen LogP contribution in [0.2, 0.25) is 0 Å². The molecule has 0 unspecified atom stereocenters. The highest BCUT2D eigenvalue weighted by molar-refractivity contribution is 9.09. The van der Waals surface area contributed by atoms with Crippen molar-refractivity contribution in [1.29, 1.82) is 0 Å². The van der Waals surface area contributed by atoms with Crippen LogP contribution in [0.15, 0.2) is 18.2 Å². The van der Waals surface area contributed by atoms with Gasteiger partial charge in [-0.2, -0.15) is 0 Å². The fourth-order valence-corrected chi connectivity index (χ4v) is 1.26. The van der Waals surface area contributed by atoms with E-state index in [1.165, 1.54) is 12.1 Å². The van der Waals surface area contributed by atoms with Gasteiger partial charge in [-0.15, -0.1) is 0 Å². The van der Waals surface area contributed by atoms with Crippen molar-refractivity contribution in [1.82, 2.24) is 0 Å². The third kappa shape index (κ3) is 4.08. The standard InChI is InChI=1S/C11H14BrFO2/c1-8(2)15-11-7-9(13)3-4-10(11)14-6-5-12/h3-4,7-8H,5-6H2,1-2H3. The molecular weight excluding hydrogens is 263 g/mol. The Morgan fingerprint density at radius 2 is 2.07 bits per heavy atom. The number of rotatable bonds is 5. The molecule has 84 valence electrons. The average Bonchev–Trinajstić information content (AvgIpc) is 2.16. The van der Waals surface area contributed by atoms with Gasteiger partial charge in [-0.3, -0.25) is 0 Å². The molecule has 4 heteroatoms. The summed E-state index contributed by atoms with van der Waals surface area (Å²) in [7, 11) is 0. The lowest BCUT2D eigenvalue weighted by atomic mass is 10.3. The molecule has 0 N–H and O–H groups in total. The van der Waals surface area contributed by atoms with Gasteiger partial charge in [0.2, 0.25) is 0 Å². The molecule has 0 spiro atoms. The van der Waals surface area contributed by atoms with Gasteiger partial charge in [-0.1, -0.05) is 15.9 Å². The van der Waals surface area contributed by atoms with E-state index in [2.05, 4.69) is 15.9 Å². The van der Waals surface area contributed by atoms with Crippen LogP contribution in [0.1, 0.15) is 13.8 Å². The molecule has 0 saturated heterocycles. The van der Waals surface area contributed by atoms with E-state index in [1.54, 1.807) is 6.07 Å². The van der Waals surface area contributed by atoms with Gasteiger partial charge in [-0.25, -0.2) is 4.39 Å². The first kappa shape index (κ1) is 12.3. The van der Waals surface area contributed by atoms with Crippen molar-refractivity contribution in [2.45, 2.75) is 20.0 Å². The fraction of sp³-hybridized carbons (Fsp3) is 0.455. The molecule has 1 rings (SSSR count). The highest BCUT2D eigenvalue weighted by atomic mass is 79.9. The SMILES string of the molecule is CC(C)Oc1cc(F)ccc1OCCBr. The summed E-state index contributed by atoms with van der Waals surface area (Å²) in [5, 5.41) is 0.728. The normalized spacial score (nSPS) is 10.5. The van der Waals surface area contributed by atoms with Crippen LogP contribution in [-0.4, -0.2) is 18.0 Å². The van der Waals surface area contributed by atoms with Crippen molar-refractivity contribution in [3.8, 4) is 11.5 Å². The van der Waals surface area contributed by atoms with E-state index in [0.717, 1.165) is 5.33 Å². The maximum absolute atomic E-state index is 13.0. The first-order chi connectivity index (χ1) is 7.13. The van der Waals surface area contributed by atoms with Gasteiger partial charge in [0.05, 0.1) is 12.7 Å². The minimum atomic E-state index is -0.322. The molecule has 1 aromatic rings. The molecule has 0 atom stereocenters. The highest BCUT2D eigenvalue weighted by Crippen LogP contribution is 2.28. The zero-order valence-electron chi connectivity index (χ0n) is 8.80. The Morgan fingerprint density at radius 3 is 2.67 bits per heavy atom. The minimum absolute atomic E-state index is 0.00174. The largest absolute Gasteiger partial charge is 0.489 e. The third-order valence-electron chi connectivity index (χ3n) is 1.60. The number of alkyl halides is 1. The first-order valence-corrected chi connectivity index (χ1v) is 5.90. The molecule has 0 aromatic heterocycles. The van der Waals surface area contributed by atoms with Crippen LogP contribution in [0.3, 0.4) is 0 Å². The smallest absolute Gasteiger partial charge is 0.164 e. The molecule has 0 radical (unpaired) electrons. The van der Waals surface area contributed by atoms with E-state index in [1.807, 2.05) is 13.8 Å². The lowest BCUT2D eigenvalue weighted by molar-refractivity contribution is 0.223. The zero-order chi connectivity index (χ0) is 11.3. The molecule has 0 aliphatic heterocycles. The second kappa shape index (κ2) is 5.95. The van der Waals surface area contributed by atoms with E-state index in [9.17, 15) is 4.39 Å². The van der Waals surface area contributed by atoms with E-state index in [-0.39, 0.29) is 11.9 Å². The van der Waals surface area contributed by atoms with Crippen molar-refractivity contribution in [2.75, 3.05) is 11.9 Å². The monoisotopic (exact) mass is 276 g/mol. The topological polar surface area (TPSA) is 18.5 Å². The highest BCUT2D eigenvalue weighted by Gasteiger charge is 2.08. The number of hydrogen-bond acceptors (Lipinski definition) is 2. The Kier molecular flexibility index (Phi) is 4.88. The molecule has 0 amide bonds. The summed E-state index contributed by atoms with van der Waals surface area (Å²) in [4.78, 5) is 0. The Labute approximate surface area is 97.5 Å². The molecule has 0 saturated carbocycles. The maximum Gasteiger partial charge on any atom is 0.164 e. The van der Waals surface area contributed by atoms with Gasteiger partial charge in [0, 0.05) is 11.4 Å². The Morgan fingerprint density at radius 1 is 1.33 bits per heavy atom. The van der Waals surface area contributed by atoms with Crippen molar-refractivity contribution in [3.05, 3.63) is 24.0 Å². The van der Waals surface area contributed by atoms with Crippen molar-refractivity contribution < 1.29 is 13.9 Å². The minimum Gasteiger partial charge on any atom is -0.489 e. The number of ether oxygens (including phenoxy) is 2. The molecule has 15 heavy (non-hydrogen) atoms. The van der Waals surface area contributed by atoms with Crippen LogP contribution in [0.5, 0.6) is 11.5 Å². The molecule has 0 fully saturated rings. The van der Waals surface area contributed by atoms with Gasteiger partial charge < -0.3 is 9.47 Å². The van der Waals surface area contributed by atoms with E-state index >= 15 is 0 Å². The van der Waals surface area contributed by atoms with Gasteiger partial charge >= 0.3 is 0 Å². The lowest BCUT2D eigenvalue weighted by Crippen LogP contribution is -2.08. The second-order valence-corrected chi connectivity index (χ2v) is 4.09. The van der Waals surface area contributed by atoms with Crippen molar-refractivity contribution in [2.24, 2.45) is 0 Å². The molecule has 0 heterocycles. The van der Waals surface area contributed by atoms with Crippen LogP contribution < -0.4 is 9.47 Å². The Balaban J connectivity index is 2.82. The molecule has 2 nitrogen and oxygen atoms in total. The van der Waals surface area contributed by atoms with Gasteiger partial charge in [0.1, 0.15) is 5.82 Å². The summed E-state index contributed by atoms with van der Waals surface area (Å²) >= 11 is 3.26. The Hall–Kier alpha value is -0.770. The van der Waals surface area contributed by atoms with Crippen LogP contribution in [-0.2, 0) is 0 Å². The summed E-state index contributed by atoms with van der Waals surface area (Å²) < 4.78 is 23.8. The predicted octanol–water partition coefficient (Wildman–Crippen LogP) is 3.39. The van der Waals surface area contributed by atoms with Crippen molar-refractivity contribution >= 4 is 15.9 Å². The summed E-state index contributed by atoms with van der Waals surface area (Å²) in [5.74, 6) is 0.701. The van der Waals surface area contributed by atoms with Gasteiger partial charge in [0.25, 0.3) is 0 Å². The summed E-state index contributed by atoms with van der Waals surface area (Å²) in [6, 6.07) is 4.27. The molecule has 1 aromatic carbocycles. The van der Waals surface area contributed by atoms with Crippen LogP contribution in [0, 0.1) is 5.82 Å². The molecule has 0 bridgehead atoms. The van der Waals surface area contributed by atoms with Crippen LogP contribution >= 0.6 is 15.9 Å². The quantitative estimate of drug-likeness (QED) is 0.768. The van der Waals surface area contributed by atoms with E-state index in [0.29, 0.717) is 18.1 Å². The number of halogens is 2. The summed E-state index contributed by atoms with van der Waals surface area (Å²) in [5.41, 5.74) is 0. The second-order valence-electron chi connectivity index (χ2n) is 3.30. The molecule has 0 aliphatic rings. The number of benzene rings is 1. The first-order valence-electron chi connectivity index (χ1n) is 4.78. The average molecular weight is 277 g/mol. The predicted molar refractivity (Wildman–Crippen MR) is 61.5 cm³/mol. The van der Waals surface area contributed by atoms with E-state index in [4.69, 9.17) is 9.47 Å². The van der Waals surface area contributed by atoms with Crippen LogP contribution in [0.25, 0.3) is 0 Å². The fourth-order valence-electron chi connectivity index (χ4n) is 1.10. The Bertz CT molecular complexity index is 315. The van der Waals surface area contributed by atoms with Crippen molar-refractivity contribution in [3.63, 3.8) is 0 Å².